The number of alkyl halides is 3. The number of hydrogen-bond donors (Lipinski definition) is 1. The zero-order valence-electron chi connectivity index (χ0n) is 19.0. The molecule has 1 saturated carbocycles. The van der Waals surface area contributed by atoms with Gasteiger partial charge in [-0.15, -0.1) is 13.2 Å². The number of halogens is 3. The average Bonchev–Trinajstić information content (AvgIpc) is 3.56. The van der Waals surface area contributed by atoms with Crippen molar-refractivity contribution in [2.45, 2.75) is 43.0 Å². The number of rotatable bonds is 11. The zero-order valence-corrected chi connectivity index (χ0v) is 19.8. The topological polar surface area (TPSA) is 84.9 Å². The van der Waals surface area contributed by atoms with Gasteiger partial charge in [-0.2, -0.15) is 0 Å². The summed E-state index contributed by atoms with van der Waals surface area (Å²) in [6.07, 6.45) is -1.50. The third-order valence-corrected chi connectivity index (χ3v) is 7.47. The van der Waals surface area contributed by atoms with Crippen molar-refractivity contribution in [2.75, 3.05) is 26.2 Å². The van der Waals surface area contributed by atoms with Gasteiger partial charge in [0.15, 0.2) is 5.78 Å². The van der Waals surface area contributed by atoms with E-state index in [1.165, 1.54) is 0 Å². The number of ketones is 1. The molecule has 1 saturated heterocycles. The van der Waals surface area contributed by atoms with Crippen molar-refractivity contribution in [3.63, 3.8) is 0 Å². The van der Waals surface area contributed by atoms with Crippen LogP contribution in [0.2, 0.25) is 0 Å². The first-order valence-electron chi connectivity index (χ1n) is 11.5. The molecule has 0 unspecified atom stereocenters. The predicted octanol–water partition coefficient (Wildman–Crippen LogP) is 4.00. The van der Waals surface area contributed by atoms with E-state index in [-0.39, 0.29) is 22.6 Å². The van der Waals surface area contributed by atoms with Gasteiger partial charge in [0, 0.05) is 30.6 Å². The van der Waals surface area contributed by atoms with Crippen molar-refractivity contribution < 1.29 is 35.9 Å². The minimum Gasteiger partial charge on any atom is -0.494 e. The number of ether oxygens (including phenoxy) is 2. The van der Waals surface area contributed by atoms with Gasteiger partial charge in [-0.05, 0) is 80.8 Å². The normalized spacial score (nSPS) is 19.0. The molecule has 2 fully saturated rings. The molecule has 2 aliphatic rings. The van der Waals surface area contributed by atoms with E-state index in [1.54, 1.807) is 24.3 Å². The van der Waals surface area contributed by atoms with Crippen molar-refractivity contribution >= 4 is 15.8 Å². The molecule has 0 amide bonds. The standard InChI is InChI=1S/C24H27F3N2O5S/c25-24(26,27)34-21-8-10-22(11-9-21)35(31,32)28-19-12-14-29(16-19)13-1-15-33-20-6-4-18(5-7-20)23(30)17-2-3-17/h4-11,17,19,28H,1-3,12-16H2/t19-/m1/s1. The van der Waals surface area contributed by atoms with Crippen molar-refractivity contribution in [3.8, 4) is 11.5 Å². The van der Waals surface area contributed by atoms with E-state index in [0.717, 1.165) is 62.2 Å². The number of sulfonamides is 1. The number of nitrogens with zero attached hydrogens (tertiary/aromatic N) is 1. The van der Waals surface area contributed by atoms with Crippen molar-refractivity contribution in [1.82, 2.24) is 9.62 Å². The number of Topliss-reactive ketones (excluding diaryl/α,β-unsaturated/α-hetero) is 1. The van der Waals surface area contributed by atoms with E-state index in [1.807, 2.05) is 0 Å². The molecule has 0 spiro atoms. The summed E-state index contributed by atoms with van der Waals surface area (Å²) >= 11 is 0. The lowest BCUT2D eigenvalue weighted by Gasteiger charge is -2.17. The van der Waals surface area contributed by atoms with Crippen LogP contribution in [0.25, 0.3) is 0 Å². The van der Waals surface area contributed by atoms with Gasteiger partial charge < -0.3 is 14.4 Å². The van der Waals surface area contributed by atoms with Crippen LogP contribution >= 0.6 is 0 Å². The molecule has 1 N–H and O–H groups in total. The summed E-state index contributed by atoms with van der Waals surface area (Å²) in [4.78, 5) is 14.1. The fourth-order valence-electron chi connectivity index (χ4n) is 4.01. The summed E-state index contributed by atoms with van der Waals surface area (Å²) in [7, 11) is -3.86. The van der Waals surface area contributed by atoms with Gasteiger partial charge in [-0.1, -0.05) is 0 Å². The van der Waals surface area contributed by atoms with Crippen LogP contribution in [0.3, 0.4) is 0 Å². The molecule has 1 heterocycles. The monoisotopic (exact) mass is 512 g/mol. The Bertz CT molecular complexity index is 1120. The Kier molecular flexibility index (Phi) is 7.67. The largest absolute Gasteiger partial charge is 0.573 e. The molecule has 0 radical (unpaired) electrons. The summed E-state index contributed by atoms with van der Waals surface area (Å²) in [5, 5.41) is 0. The van der Waals surface area contributed by atoms with Crippen molar-refractivity contribution in [3.05, 3.63) is 54.1 Å². The molecule has 35 heavy (non-hydrogen) atoms. The molecular formula is C24H27F3N2O5S. The highest BCUT2D eigenvalue weighted by atomic mass is 32.2. The molecule has 7 nitrogen and oxygen atoms in total. The van der Waals surface area contributed by atoms with E-state index in [4.69, 9.17) is 4.74 Å². The Labute approximate surface area is 202 Å². The van der Waals surface area contributed by atoms with Crippen LogP contribution in [0.4, 0.5) is 13.2 Å². The lowest BCUT2D eigenvalue weighted by atomic mass is 10.1. The highest BCUT2D eigenvalue weighted by molar-refractivity contribution is 7.89. The molecule has 1 aliphatic carbocycles. The minimum atomic E-state index is -4.84. The van der Waals surface area contributed by atoms with Crippen molar-refractivity contribution in [2.24, 2.45) is 5.92 Å². The van der Waals surface area contributed by atoms with E-state index in [9.17, 15) is 26.4 Å². The van der Waals surface area contributed by atoms with Gasteiger partial charge in [0.2, 0.25) is 10.0 Å². The van der Waals surface area contributed by atoms with Crippen LogP contribution in [0.1, 0.15) is 36.0 Å². The number of nitrogens with one attached hydrogen (secondary N) is 1. The summed E-state index contributed by atoms with van der Waals surface area (Å²) < 4.78 is 74.1. The molecule has 190 valence electrons. The van der Waals surface area contributed by atoms with Crippen LogP contribution in [0.15, 0.2) is 53.4 Å². The van der Waals surface area contributed by atoms with Crippen LogP contribution in [0, 0.1) is 5.92 Å². The number of hydrogen-bond acceptors (Lipinski definition) is 6. The molecule has 1 atom stereocenters. The second-order valence-corrected chi connectivity index (χ2v) is 10.5. The maximum atomic E-state index is 12.6. The van der Waals surface area contributed by atoms with Gasteiger partial charge >= 0.3 is 6.36 Å². The molecule has 2 aromatic carbocycles. The second-order valence-electron chi connectivity index (χ2n) is 8.79. The third-order valence-electron chi connectivity index (χ3n) is 5.94. The third kappa shape index (κ3) is 7.42. The summed E-state index contributed by atoms with van der Waals surface area (Å²) in [5.74, 6) is 0.613. The molecule has 11 heteroatoms. The lowest BCUT2D eigenvalue weighted by Crippen LogP contribution is -2.37. The molecule has 1 aliphatic heterocycles. The van der Waals surface area contributed by atoms with Crippen LogP contribution in [-0.2, 0) is 10.0 Å². The smallest absolute Gasteiger partial charge is 0.494 e. The lowest BCUT2D eigenvalue weighted by molar-refractivity contribution is -0.274. The first-order chi connectivity index (χ1) is 16.6. The number of benzene rings is 2. The quantitative estimate of drug-likeness (QED) is 0.362. The van der Waals surface area contributed by atoms with Gasteiger partial charge in [-0.3, -0.25) is 4.79 Å². The summed E-state index contributed by atoms with van der Waals surface area (Å²) in [6, 6.07) is 11.0. The van der Waals surface area contributed by atoms with E-state index in [2.05, 4.69) is 14.4 Å². The van der Waals surface area contributed by atoms with Crippen molar-refractivity contribution in [1.29, 1.82) is 0 Å². The zero-order chi connectivity index (χ0) is 25.1. The van der Waals surface area contributed by atoms with Gasteiger partial charge in [0.05, 0.1) is 11.5 Å². The molecule has 0 aromatic heterocycles. The first-order valence-corrected chi connectivity index (χ1v) is 12.9. The molecule has 4 rings (SSSR count). The Hall–Kier alpha value is -2.63. The van der Waals surface area contributed by atoms with Crippen LogP contribution in [0.5, 0.6) is 11.5 Å². The maximum absolute atomic E-state index is 12.6. The fourth-order valence-corrected chi connectivity index (χ4v) is 5.28. The fraction of sp³-hybridized carbons (Fsp3) is 0.458. The second kappa shape index (κ2) is 10.5. The summed E-state index contributed by atoms with van der Waals surface area (Å²) in [6.45, 7) is 2.49. The molecular weight excluding hydrogens is 485 g/mol. The first kappa shape index (κ1) is 25.5. The maximum Gasteiger partial charge on any atom is 0.573 e. The highest BCUT2D eigenvalue weighted by Gasteiger charge is 2.32. The SMILES string of the molecule is O=C(c1ccc(OCCCN2CC[C@@H](NS(=O)(=O)c3ccc(OC(F)(F)F)cc3)C2)cc1)C1CC1. The van der Waals surface area contributed by atoms with Gasteiger partial charge in [-0.25, -0.2) is 13.1 Å². The number of likely N-dealkylation sites (tertiary alicyclic amines) is 1. The number of carbonyl (C=O) groups is 1. The molecule has 0 bridgehead atoms. The Morgan fingerprint density at radius 3 is 2.29 bits per heavy atom. The predicted molar refractivity (Wildman–Crippen MR) is 122 cm³/mol. The number of carbonyl (C=O) groups excluding carboxylic acids is 1. The molecule has 2 aromatic rings. The van der Waals surface area contributed by atoms with E-state index < -0.39 is 22.1 Å². The Morgan fingerprint density at radius 1 is 1.00 bits per heavy atom. The Balaban J connectivity index is 1.17. The Morgan fingerprint density at radius 2 is 1.66 bits per heavy atom. The van der Waals surface area contributed by atoms with Gasteiger partial charge in [0.1, 0.15) is 11.5 Å². The van der Waals surface area contributed by atoms with E-state index in [0.29, 0.717) is 25.3 Å². The van der Waals surface area contributed by atoms with Crippen LogP contribution < -0.4 is 14.2 Å². The van der Waals surface area contributed by atoms with E-state index >= 15 is 0 Å². The van der Waals surface area contributed by atoms with Gasteiger partial charge in [0.25, 0.3) is 0 Å². The average molecular weight is 513 g/mol. The minimum absolute atomic E-state index is 0.122. The highest BCUT2D eigenvalue weighted by Crippen LogP contribution is 2.33. The van der Waals surface area contributed by atoms with Crippen LogP contribution in [-0.4, -0.2) is 57.7 Å². The summed E-state index contributed by atoms with van der Waals surface area (Å²) in [5.41, 5.74) is 0.719.